The van der Waals surface area contributed by atoms with Crippen LogP contribution in [0.4, 0.5) is 5.82 Å². The van der Waals surface area contributed by atoms with E-state index in [4.69, 9.17) is 9.47 Å². The molecule has 0 saturated carbocycles. The lowest BCUT2D eigenvalue weighted by Gasteiger charge is -2.11. The summed E-state index contributed by atoms with van der Waals surface area (Å²) in [6.07, 6.45) is 0. The molecule has 0 saturated heterocycles. The Balaban J connectivity index is 1.63. The van der Waals surface area contributed by atoms with Gasteiger partial charge in [-0.25, -0.2) is 4.98 Å². The largest absolute Gasteiger partial charge is 0.497 e. The molecule has 3 heterocycles. The van der Waals surface area contributed by atoms with Gasteiger partial charge in [-0.05, 0) is 30.5 Å². The lowest BCUT2D eigenvalue weighted by Crippen LogP contribution is -2.16. The number of aromatic nitrogens is 3. The highest BCUT2D eigenvalue weighted by molar-refractivity contribution is 7.15. The number of hydrogen-bond acceptors (Lipinski definition) is 7. The Labute approximate surface area is 175 Å². The predicted octanol–water partition coefficient (Wildman–Crippen LogP) is 4.64. The third-order valence-electron chi connectivity index (χ3n) is 4.17. The number of hydrogen-bond donors (Lipinski definition) is 1. The maximum absolute atomic E-state index is 12.9. The Morgan fingerprint density at radius 1 is 1.14 bits per heavy atom. The Kier molecular flexibility index (Phi) is 5.32. The summed E-state index contributed by atoms with van der Waals surface area (Å²) in [7, 11) is 3.08. The topological polar surface area (TPSA) is 78.3 Å². The molecule has 4 rings (SSSR count). The number of amides is 1. The molecule has 0 spiro atoms. The number of carbonyl (C=O) groups is 1. The second-order valence-corrected chi connectivity index (χ2v) is 7.88. The van der Waals surface area contributed by atoms with Crippen molar-refractivity contribution >= 4 is 34.4 Å². The summed E-state index contributed by atoms with van der Waals surface area (Å²) in [5, 5.41) is 12.1. The molecule has 1 aromatic carbocycles. The van der Waals surface area contributed by atoms with Gasteiger partial charge < -0.3 is 14.8 Å². The average Bonchev–Trinajstić information content (AvgIpc) is 3.47. The van der Waals surface area contributed by atoms with E-state index in [-0.39, 0.29) is 5.91 Å². The summed E-state index contributed by atoms with van der Waals surface area (Å²) in [6, 6.07) is 10.9. The molecule has 0 bridgehead atoms. The molecule has 0 aliphatic heterocycles. The first-order valence-electron chi connectivity index (χ1n) is 8.69. The first-order valence-corrected chi connectivity index (χ1v) is 10.4. The smallest absolute Gasteiger partial charge is 0.260 e. The van der Waals surface area contributed by atoms with Crippen molar-refractivity contribution in [2.24, 2.45) is 0 Å². The lowest BCUT2D eigenvalue weighted by atomic mass is 10.1. The van der Waals surface area contributed by atoms with Crippen molar-refractivity contribution in [1.82, 2.24) is 14.8 Å². The number of aryl methyl sites for hydroxylation is 1. The van der Waals surface area contributed by atoms with Crippen molar-refractivity contribution < 1.29 is 14.3 Å². The highest BCUT2D eigenvalue weighted by atomic mass is 32.1. The van der Waals surface area contributed by atoms with Crippen LogP contribution >= 0.6 is 22.7 Å². The molecule has 0 aliphatic rings. The van der Waals surface area contributed by atoms with Gasteiger partial charge in [-0.2, -0.15) is 9.78 Å². The van der Waals surface area contributed by atoms with Crippen LogP contribution in [0.25, 0.3) is 15.7 Å². The number of ether oxygens (including phenoxy) is 2. The van der Waals surface area contributed by atoms with Crippen molar-refractivity contribution in [3.63, 3.8) is 0 Å². The first-order chi connectivity index (χ1) is 14.1. The van der Waals surface area contributed by atoms with E-state index in [0.29, 0.717) is 28.0 Å². The minimum absolute atomic E-state index is 0.305. The number of methoxy groups -OCH3 is 2. The number of thiophene rings is 1. The minimum Gasteiger partial charge on any atom is -0.497 e. The molecular formula is C20H18N4O3S2. The number of rotatable bonds is 6. The van der Waals surface area contributed by atoms with Crippen molar-refractivity contribution in [1.29, 1.82) is 0 Å². The third kappa shape index (κ3) is 3.87. The Morgan fingerprint density at radius 2 is 2.00 bits per heavy atom. The molecule has 9 heteroatoms. The van der Waals surface area contributed by atoms with Gasteiger partial charge in [0, 0.05) is 17.5 Å². The fourth-order valence-corrected chi connectivity index (χ4v) is 4.35. The van der Waals surface area contributed by atoms with Gasteiger partial charge in [-0.1, -0.05) is 6.07 Å². The second-order valence-electron chi connectivity index (χ2n) is 6.10. The highest BCUT2D eigenvalue weighted by Gasteiger charge is 2.18. The van der Waals surface area contributed by atoms with E-state index < -0.39 is 0 Å². The van der Waals surface area contributed by atoms with Crippen LogP contribution in [-0.2, 0) is 0 Å². The van der Waals surface area contributed by atoms with Crippen molar-refractivity contribution in [2.75, 3.05) is 19.5 Å². The number of nitrogens with one attached hydrogen (secondary N) is 1. The van der Waals surface area contributed by atoms with Crippen LogP contribution in [0.5, 0.6) is 11.5 Å². The molecule has 1 N–H and O–H groups in total. The molecular weight excluding hydrogens is 408 g/mol. The van der Waals surface area contributed by atoms with Gasteiger partial charge in [0.25, 0.3) is 5.91 Å². The van der Waals surface area contributed by atoms with E-state index >= 15 is 0 Å². The van der Waals surface area contributed by atoms with Gasteiger partial charge in [-0.3, -0.25) is 4.79 Å². The standard InChI is InChI=1S/C20H18N4O3S2/c1-12-9-18(22-19(25)14-7-6-13(26-2)10-16(14)27-3)24(23-12)20-21-15(11-29-20)17-5-4-8-28-17/h4-11H,1-3H3,(H,22,25). The Hall–Kier alpha value is -3.17. The SMILES string of the molecule is COc1ccc(C(=O)Nc2cc(C)nn2-c2nc(-c3cccs3)cs2)c(OC)c1. The van der Waals surface area contributed by atoms with Crippen molar-refractivity contribution in [3.8, 4) is 27.2 Å². The van der Waals surface area contributed by atoms with Crippen LogP contribution < -0.4 is 14.8 Å². The first kappa shape index (κ1) is 19.2. The molecule has 3 aromatic heterocycles. The minimum atomic E-state index is -0.305. The number of benzene rings is 1. The zero-order chi connectivity index (χ0) is 20.4. The van der Waals surface area contributed by atoms with Crippen LogP contribution in [0, 0.1) is 6.92 Å². The van der Waals surface area contributed by atoms with Crippen molar-refractivity contribution in [3.05, 3.63) is 58.4 Å². The van der Waals surface area contributed by atoms with E-state index in [0.717, 1.165) is 16.3 Å². The molecule has 0 atom stereocenters. The second kappa shape index (κ2) is 8.06. The van der Waals surface area contributed by atoms with Gasteiger partial charge in [0.05, 0.1) is 36.0 Å². The predicted molar refractivity (Wildman–Crippen MR) is 115 cm³/mol. The van der Waals surface area contributed by atoms with Crippen LogP contribution in [0.2, 0.25) is 0 Å². The van der Waals surface area contributed by atoms with Gasteiger partial charge in [0.2, 0.25) is 5.13 Å². The van der Waals surface area contributed by atoms with Gasteiger partial charge in [0.15, 0.2) is 0 Å². The number of nitrogens with zero attached hydrogens (tertiary/aromatic N) is 3. The van der Waals surface area contributed by atoms with E-state index in [1.807, 2.05) is 29.8 Å². The van der Waals surface area contributed by atoms with E-state index in [1.54, 1.807) is 47.4 Å². The Bertz CT molecular complexity index is 1150. The fraction of sp³-hybridized carbons (Fsp3) is 0.150. The number of anilines is 1. The highest BCUT2D eigenvalue weighted by Crippen LogP contribution is 2.30. The summed E-state index contributed by atoms with van der Waals surface area (Å²) in [6.45, 7) is 1.87. The third-order valence-corrected chi connectivity index (χ3v) is 5.88. The van der Waals surface area contributed by atoms with Crippen LogP contribution in [0.1, 0.15) is 16.1 Å². The van der Waals surface area contributed by atoms with Gasteiger partial charge in [0.1, 0.15) is 17.3 Å². The average molecular weight is 427 g/mol. The van der Waals surface area contributed by atoms with Crippen molar-refractivity contribution in [2.45, 2.75) is 6.92 Å². The fourth-order valence-electron chi connectivity index (χ4n) is 2.80. The van der Waals surface area contributed by atoms with Gasteiger partial charge >= 0.3 is 0 Å². The van der Waals surface area contributed by atoms with Crippen LogP contribution in [0.3, 0.4) is 0 Å². The molecule has 0 unspecified atom stereocenters. The summed E-state index contributed by atoms with van der Waals surface area (Å²) in [5.74, 6) is 1.28. The molecule has 7 nitrogen and oxygen atoms in total. The summed E-state index contributed by atoms with van der Waals surface area (Å²) < 4.78 is 12.2. The Morgan fingerprint density at radius 3 is 2.72 bits per heavy atom. The molecule has 1 amide bonds. The van der Waals surface area contributed by atoms with Gasteiger partial charge in [-0.15, -0.1) is 22.7 Å². The maximum atomic E-state index is 12.9. The summed E-state index contributed by atoms with van der Waals surface area (Å²) in [5.41, 5.74) is 2.06. The zero-order valence-electron chi connectivity index (χ0n) is 16.0. The monoisotopic (exact) mass is 426 g/mol. The molecule has 0 fully saturated rings. The number of thiazole rings is 1. The normalized spacial score (nSPS) is 10.7. The molecule has 0 radical (unpaired) electrons. The quantitative estimate of drug-likeness (QED) is 0.486. The molecule has 0 aliphatic carbocycles. The van der Waals surface area contributed by atoms with E-state index in [1.165, 1.54) is 18.4 Å². The lowest BCUT2D eigenvalue weighted by molar-refractivity contribution is 0.102. The van der Waals surface area contributed by atoms with Crippen LogP contribution in [0.15, 0.2) is 47.2 Å². The summed E-state index contributed by atoms with van der Waals surface area (Å²) in [4.78, 5) is 18.6. The van der Waals surface area contributed by atoms with E-state index in [2.05, 4.69) is 15.4 Å². The zero-order valence-corrected chi connectivity index (χ0v) is 17.6. The van der Waals surface area contributed by atoms with E-state index in [9.17, 15) is 4.79 Å². The molecule has 4 aromatic rings. The summed E-state index contributed by atoms with van der Waals surface area (Å²) >= 11 is 3.10. The van der Waals surface area contributed by atoms with Crippen LogP contribution in [-0.4, -0.2) is 34.9 Å². The molecule has 148 valence electrons. The molecule has 29 heavy (non-hydrogen) atoms. The number of carbonyl (C=O) groups excluding carboxylic acids is 1. The maximum Gasteiger partial charge on any atom is 0.260 e.